The Bertz CT molecular complexity index is 219. The van der Waals surface area contributed by atoms with Crippen molar-refractivity contribution < 1.29 is 4.74 Å². The number of rotatable bonds is 1. The lowest BCUT2D eigenvalue weighted by Crippen LogP contribution is -2.25. The van der Waals surface area contributed by atoms with Gasteiger partial charge in [-0.2, -0.15) is 0 Å². The quantitative estimate of drug-likeness (QED) is 0.624. The van der Waals surface area contributed by atoms with E-state index in [0.29, 0.717) is 0 Å². The Balaban J connectivity index is 0.000000671. The van der Waals surface area contributed by atoms with Gasteiger partial charge in [-0.15, -0.1) is 0 Å². The molecule has 3 heteroatoms. The van der Waals surface area contributed by atoms with Crippen molar-refractivity contribution in [1.82, 2.24) is 4.90 Å². The maximum Gasteiger partial charge on any atom is 0.158 e. The van der Waals surface area contributed by atoms with Gasteiger partial charge in [-0.3, -0.25) is 4.99 Å². The van der Waals surface area contributed by atoms with Gasteiger partial charge < -0.3 is 9.64 Å². The van der Waals surface area contributed by atoms with Gasteiger partial charge in [0.25, 0.3) is 0 Å². The number of aliphatic imine (C=N–C) groups is 1. The lowest BCUT2D eigenvalue weighted by Gasteiger charge is -2.25. The van der Waals surface area contributed by atoms with Crippen molar-refractivity contribution in [3.63, 3.8) is 0 Å². The van der Waals surface area contributed by atoms with Crippen molar-refractivity contribution in [2.24, 2.45) is 4.99 Å². The molecular formula is C10H20N2O. The summed E-state index contributed by atoms with van der Waals surface area (Å²) in [6, 6.07) is 0. The van der Waals surface area contributed by atoms with E-state index in [9.17, 15) is 0 Å². The minimum absolute atomic E-state index is 0.741. The van der Waals surface area contributed by atoms with Crippen molar-refractivity contribution in [2.75, 3.05) is 20.8 Å². The fraction of sp³-hybridized carbons (Fsp3) is 0.700. The lowest BCUT2D eigenvalue weighted by molar-refractivity contribution is 0.281. The molecule has 1 heterocycles. The molecule has 0 N–H and O–H groups in total. The van der Waals surface area contributed by atoms with Crippen molar-refractivity contribution >= 4 is 5.71 Å². The second-order valence-electron chi connectivity index (χ2n) is 2.70. The topological polar surface area (TPSA) is 24.8 Å². The van der Waals surface area contributed by atoms with Crippen molar-refractivity contribution in [3.8, 4) is 0 Å². The number of nitrogens with zero attached hydrogens (tertiary/aromatic N) is 2. The summed E-state index contributed by atoms with van der Waals surface area (Å²) in [6.45, 7) is 8.75. The minimum Gasteiger partial charge on any atom is -0.493 e. The SMILES string of the molecule is CC.COC1=C(C)N(C)CN=C1C. The van der Waals surface area contributed by atoms with Gasteiger partial charge >= 0.3 is 0 Å². The highest BCUT2D eigenvalue weighted by atomic mass is 16.5. The summed E-state index contributed by atoms with van der Waals surface area (Å²) >= 11 is 0. The maximum atomic E-state index is 5.19. The molecule has 0 saturated heterocycles. The van der Waals surface area contributed by atoms with Gasteiger partial charge in [0, 0.05) is 7.05 Å². The summed E-state index contributed by atoms with van der Waals surface area (Å²) in [7, 11) is 3.68. The van der Waals surface area contributed by atoms with E-state index < -0.39 is 0 Å². The largest absolute Gasteiger partial charge is 0.493 e. The molecule has 0 aromatic carbocycles. The number of methoxy groups -OCH3 is 1. The van der Waals surface area contributed by atoms with E-state index in [-0.39, 0.29) is 0 Å². The highest BCUT2D eigenvalue weighted by molar-refractivity contribution is 5.97. The van der Waals surface area contributed by atoms with E-state index in [1.165, 1.54) is 0 Å². The van der Waals surface area contributed by atoms with E-state index in [1.807, 2.05) is 34.7 Å². The molecule has 0 aromatic heterocycles. The Morgan fingerprint density at radius 2 is 1.85 bits per heavy atom. The first-order valence-corrected chi connectivity index (χ1v) is 4.64. The molecule has 0 bridgehead atoms. The van der Waals surface area contributed by atoms with Gasteiger partial charge in [-0.1, -0.05) is 13.8 Å². The first-order valence-electron chi connectivity index (χ1n) is 4.64. The van der Waals surface area contributed by atoms with Gasteiger partial charge in [0.15, 0.2) is 5.76 Å². The molecule has 1 rings (SSSR count). The molecule has 1 aliphatic heterocycles. The summed E-state index contributed by atoms with van der Waals surface area (Å²) in [5.74, 6) is 0.902. The predicted molar refractivity (Wildman–Crippen MR) is 56.8 cm³/mol. The molecule has 0 atom stereocenters. The Morgan fingerprint density at radius 1 is 1.31 bits per heavy atom. The summed E-state index contributed by atoms with van der Waals surface area (Å²) < 4.78 is 5.19. The third-order valence-corrected chi connectivity index (χ3v) is 1.95. The Hall–Kier alpha value is -0.990. The fourth-order valence-corrected chi connectivity index (χ4v) is 1.12. The fourth-order valence-electron chi connectivity index (χ4n) is 1.12. The molecule has 3 nitrogen and oxygen atoms in total. The average molecular weight is 184 g/mol. The normalized spacial score (nSPS) is 16.2. The molecule has 0 aliphatic carbocycles. The molecule has 0 fully saturated rings. The highest BCUT2D eigenvalue weighted by Crippen LogP contribution is 2.15. The van der Waals surface area contributed by atoms with Crippen LogP contribution in [0.15, 0.2) is 16.4 Å². The molecule has 0 unspecified atom stereocenters. The van der Waals surface area contributed by atoms with E-state index in [2.05, 4.69) is 9.89 Å². The summed E-state index contributed by atoms with van der Waals surface area (Å²) in [6.07, 6.45) is 0. The molecule has 0 amide bonds. The van der Waals surface area contributed by atoms with Crippen LogP contribution in [-0.4, -0.2) is 31.4 Å². The van der Waals surface area contributed by atoms with Crippen LogP contribution in [0.4, 0.5) is 0 Å². The van der Waals surface area contributed by atoms with Gasteiger partial charge in [-0.25, -0.2) is 0 Å². The van der Waals surface area contributed by atoms with Gasteiger partial charge in [0.1, 0.15) is 6.67 Å². The summed E-state index contributed by atoms with van der Waals surface area (Å²) in [4.78, 5) is 6.33. The Labute approximate surface area is 81.1 Å². The van der Waals surface area contributed by atoms with Gasteiger partial charge in [0.05, 0.1) is 18.5 Å². The van der Waals surface area contributed by atoms with Crippen LogP contribution in [0.1, 0.15) is 27.7 Å². The average Bonchev–Trinajstić information content (AvgIpc) is 2.16. The first kappa shape index (κ1) is 12.0. The zero-order valence-electron chi connectivity index (χ0n) is 9.51. The third-order valence-electron chi connectivity index (χ3n) is 1.95. The molecule has 76 valence electrons. The molecular weight excluding hydrogens is 164 g/mol. The van der Waals surface area contributed by atoms with Crippen LogP contribution in [-0.2, 0) is 4.74 Å². The van der Waals surface area contributed by atoms with E-state index in [1.54, 1.807) is 7.11 Å². The summed E-state index contributed by atoms with van der Waals surface area (Å²) in [5.41, 5.74) is 2.14. The third kappa shape index (κ3) is 2.76. The molecule has 0 spiro atoms. The standard InChI is InChI=1S/C8H14N2O.C2H6/c1-6-8(11-4)7(2)10(3)5-9-6;1-2/h5H2,1-4H3;1-2H3. The van der Waals surface area contributed by atoms with E-state index >= 15 is 0 Å². The van der Waals surface area contributed by atoms with Crippen LogP contribution in [0.3, 0.4) is 0 Å². The lowest BCUT2D eigenvalue weighted by atomic mass is 10.2. The smallest absolute Gasteiger partial charge is 0.158 e. The molecule has 0 radical (unpaired) electrons. The number of allylic oxidation sites excluding steroid dienone is 2. The van der Waals surface area contributed by atoms with Crippen LogP contribution in [0.2, 0.25) is 0 Å². The molecule has 1 aliphatic rings. The van der Waals surface area contributed by atoms with Crippen molar-refractivity contribution in [1.29, 1.82) is 0 Å². The van der Waals surface area contributed by atoms with Crippen LogP contribution < -0.4 is 0 Å². The van der Waals surface area contributed by atoms with E-state index in [0.717, 1.165) is 23.8 Å². The summed E-state index contributed by atoms with van der Waals surface area (Å²) in [5, 5.41) is 0. The molecule has 0 aromatic rings. The second-order valence-corrected chi connectivity index (χ2v) is 2.70. The number of hydrogen-bond acceptors (Lipinski definition) is 3. The molecule has 0 saturated carbocycles. The van der Waals surface area contributed by atoms with Gasteiger partial charge in [-0.05, 0) is 13.8 Å². The minimum atomic E-state index is 0.741. The second kappa shape index (κ2) is 5.62. The number of hydrogen-bond donors (Lipinski definition) is 0. The van der Waals surface area contributed by atoms with Crippen LogP contribution in [0.25, 0.3) is 0 Å². The number of ether oxygens (including phenoxy) is 1. The van der Waals surface area contributed by atoms with Gasteiger partial charge in [0.2, 0.25) is 0 Å². The zero-order valence-corrected chi connectivity index (χ0v) is 9.51. The monoisotopic (exact) mass is 184 g/mol. The highest BCUT2D eigenvalue weighted by Gasteiger charge is 2.14. The van der Waals surface area contributed by atoms with Crippen LogP contribution in [0, 0.1) is 0 Å². The predicted octanol–water partition coefficient (Wildman–Crippen LogP) is 2.25. The van der Waals surface area contributed by atoms with Crippen LogP contribution >= 0.6 is 0 Å². The maximum absolute atomic E-state index is 5.19. The molecule has 13 heavy (non-hydrogen) atoms. The van der Waals surface area contributed by atoms with Crippen LogP contribution in [0.5, 0.6) is 0 Å². The Kier molecular flexibility index (Phi) is 5.19. The zero-order chi connectivity index (χ0) is 10.4. The first-order chi connectivity index (χ1) is 6.16. The van der Waals surface area contributed by atoms with E-state index in [4.69, 9.17) is 4.74 Å². The Morgan fingerprint density at radius 3 is 2.23 bits per heavy atom. The van der Waals surface area contributed by atoms with Crippen molar-refractivity contribution in [2.45, 2.75) is 27.7 Å². The van der Waals surface area contributed by atoms with Crippen molar-refractivity contribution in [3.05, 3.63) is 11.5 Å².